The zero-order chi connectivity index (χ0) is 18.1. The van der Waals surface area contributed by atoms with Crippen molar-refractivity contribution in [2.24, 2.45) is 0 Å². The maximum absolute atomic E-state index is 12.8. The summed E-state index contributed by atoms with van der Waals surface area (Å²) in [6, 6.07) is 10.9. The lowest BCUT2D eigenvalue weighted by molar-refractivity contribution is 0.0871. The number of para-hydroxylation sites is 1. The Morgan fingerprint density at radius 3 is 2.65 bits per heavy atom. The van der Waals surface area contributed by atoms with Gasteiger partial charge >= 0.3 is 0 Å². The molecule has 2 atom stereocenters. The molecule has 2 saturated heterocycles. The summed E-state index contributed by atoms with van der Waals surface area (Å²) in [6.45, 7) is 2.07. The molecule has 1 amide bonds. The van der Waals surface area contributed by atoms with Crippen LogP contribution in [0.15, 0.2) is 34.9 Å². The molecule has 2 aromatic rings. The van der Waals surface area contributed by atoms with E-state index in [1.165, 1.54) is 12.8 Å². The lowest BCUT2D eigenvalue weighted by Crippen LogP contribution is -2.48. The molecule has 0 spiro atoms. The minimum atomic E-state index is -0.164. The standard InChI is InChI=1S/C20H25N3O3/c1-13-18(12-25-17-6-4-3-5-7-17)19(22-26-13)20(24)21-14-10-15-8-9-16(11-14)23(15)2/h3-7,14-16H,8-12H2,1-2H3,(H,21,24). The van der Waals surface area contributed by atoms with Gasteiger partial charge in [0.15, 0.2) is 5.69 Å². The highest BCUT2D eigenvalue weighted by Gasteiger charge is 2.39. The van der Waals surface area contributed by atoms with Gasteiger partial charge in [-0.1, -0.05) is 23.4 Å². The normalized spacial score (nSPS) is 25.2. The van der Waals surface area contributed by atoms with Crippen LogP contribution >= 0.6 is 0 Å². The van der Waals surface area contributed by atoms with Gasteiger partial charge in [0.2, 0.25) is 0 Å². The Bertz CT molecular complexity index is 760. The van der Waals surface area contributed by atoms with Crippen LogP contribution in [0, 0.1) is 6.92 Å². The van der Waals surface area contributed by atoms with Crippen LogP contribution in [0.3, 0.4) is 0 Å². The fraction of sp³-hybridized carbons (Fsp3) is 0.500. The molecule has 2 fully saturated rings. The summed E-state index contributed by atoms with van der Waals surface area (Å²) in [5.41, 5.74) is 1.05. The molecule has 4 rings (SSSR count). The summed E-state index contributed by atoms with van der Waals surface area (Å²) in [5, 5.41) is 7.15. The number of rotatable bonds is 5. The molecule has 2 aliphatic heterocycles. The molecule has 138 valence electrons. The molecular weight excluding hydrogens is 330 g/mol. The van der Waals surface area contributed by atoms with Gasteiger partial charge in [0.25, 0.3) is 5.91 Å². The molecule has 1 aromatic carbocycles. The summed E-state index contributed by atoms with van der Waals surface area (Å²) in [5.74, 6) is 1.21. The van der Waals surface area contributed by atoms with E-state index in [0.29, 0.717) is 29.1 Å². The number of nitrogens with zero attached hydrogens (tertiary/aromatic N) is 2. The molecule has 2 aliphatic rings. The molecule has 3 heterocycles. The van der Waals surface area contributed by atoms with Gasteiger partial charge in [-0.05, 0) is 51.8 Å². The monoisotopic (exact) mass is 355 g/mol. The number of hydrogen-bond acceptors (Lipinski definition) is 5. The number of carbonyl (C=O) groups excluding carboxylic acids is 1. The zero-order valence-corrected chi connectivity index (χ0v) is 15.3. The van der Waals surface area contributed by atoms with E-state index in [9.17, 15) is 4.79 Å². The topological polar surface area (TPSA) is 67.6 Å². The van der Waals surface area contributed by atoms with E-state index in [4.69, 9.17) is 9.26 Å². The van der Waals surface area contributed by atoms with Crippen LogP contribution in [-0.4, -0.2) is 41.1 Å². The largest absolute Gasteiger partial charge is 0.489 e. The van der Waals surface area contributed by atoms with Gasteiger partial charge in [0.1, 0.15) is 18.1 Å². The van der Waals surface area contributed by atoms with Gasteiger partial charge in [-0.25, -0.2) is 0 Å². The van der Waals surface area contributed by atoms with Crippen molar-refractivity contribution >= 4 is 5.91 Å². The van der Waals surface area contributed by atoms with Crippen molar-refractivity contribution in [2.45, 2.75) is 57.3 Å². The minimum absolute atomic E-state index is 0.164. The molecule has 1 aromatic heterocycles. The second kappa shape index (κ2) is 7.11. The molecular formula is C20H25N3O3. The van der Waals surface area contributed by atoms with Crippen LogP contribution in [0.5, 0.6) is 5.75 Å². The fourth-order valence-corrected chi connectivity index (χ4v) is 4.19. The highest BCUT2D eigenvalue weighted by molar-refractivity contribution is 5.94. The van der Waals surface area contributed by atoms with Crippen LogP contribution < -0.4 is 10.1 Å². The van der Waals surface area contributed by atoms with Crippen molar-refractivity contribution in [3.8, 4) is 5.75 Å². The maximum Gasteiger partial charge on any atom is 0.274 e. The number of amides is 1. The van der Waals surface area contributed by atoms with Crippen molar-refractivity contribution in [3.63, 3.8) is 0 Å². The molecule has 6 heteroatoms. The third kappa shape index (κ3) is 3.33. The highest BCUT2D eigenvalue weighted by atomic mass is 16.5. The second-order valence-electron chi connectivity index (χ2n) is 7.36. The minimum Gasteiger partial charge on any atom is -0.489 e. The van der Waals surface area contributed by atoms with Gasteiger partial charge in [0, 0.05) is 18.1 Å². The predicted octanol–water partition coefficient (Wildman–Crippen LogP) is 2.92. The van der Waals surface area contributed by atoms with Gasteiger partial charge in [0.05, 0.1) is 5.56 Å². The summed E-state index contributed by atoms with van der Waals surface area (Å²) >= 11 is 0. The molecule has 1 N–H and O–H groups in total. The Hall–Kier alpha value is -2.34. The molecule has 6 nitrogen and oxygen atoms in total. The quantitative estimate of drug-likeness (QED) is 0.893. The number of fused-ring (bicyclic) bond motifs is 2. The second-order valence-corrected chi connectivity index (χ2v) is 7.36. The Morgan fingerprint density at radius 2 is 1.96 bits per heavy atom. The number of ether oxygens (including phenoxy) is 1. The average Bonchev–Trinajstić information content (AvgIpc) is 3.09. The van der Waals surface area contributed by atoms with Gasteiger partial charge < -0.3 is 19.5 Å². The van der Waals surface area contributed by atoms with Crippen molar-refractivity contribution in [3.05, 3.63) is 47.3 Å². The predicted molar refractivity (Wildman–Crippen MR) is 97.1 cm³/mol. The SMILES string of the molecule is Cc1onc(C(=O)NC2CC3CCC(C2)N3C)c1COc1ccccc1. The molecule has 2 unspecified atom stereocenters. The summed E-state index contributed by atoms with van der Waals surface area (Å²) in [7, 11) is 2.19. The highest BCUT2D eigenvalue weighted by Crippen LogP contribution is 2.34. The van der Waals surface area contributed by atoms with Crippen molar-refractivity contribution < 1.29 is 14.1 Å². The number of carbonyl (C=O) groups is 1. The van der Waals surface area contributed by atoms with Gasteiger partial charge in [-0.3, -0.25) is 4.79 Å². The molecule has 0 radical (unpaired) electrons. The number of aryl methyl sites for hydroxylation is 1. The van der Waals surface area contributed by atoms with Crippen LogP contribution in [0.1, 0.15) is 47.5 Å². The molecule has 2 bridgehead atoms. The van der Waals surface area contributed by atoms with Gasteiger partial charge in [-0.2, -0.15) is 0 Å². The number of aromatic nitrogens is 1. The number of nitrogens with one attached hydrogen (secondary N) is 1. The maximum atomic E-state index is 12.8. The van der Waals surface area contributed by atoms with Crippen LogP contribution in [0.4, 0.5) is 0 Å². The fourth-order valence-electron chi connectivity index (χ4n) is 4.19. The Balaban J connectivity index is 1.42. The van der Waals surface area contributed by atoms with Crippen molar-refractivity contribution in [1.29, 1.82) is 0 Å². The molecule has 0 aliphatic carbocycles. The molecule has 0 saturated carbocycles. The number of piperidine rings is 1. The number of hydrogen-bond donors (Lipinski definition) is 1. The van der Waals surface area contributed by atoms with Crippen LogP contribution in [-0.2, 0) is 6.61 Å². The van der Waals surface area contributed by atoms with E-state index in [2.05, 4.69) is 22.4 Å². The van der Waals surface area contributed by atoms with E-state index in [1.807, 2.05) is 37.3 Å². The first-order valence-electron chi connectivity index (χ1n) is 9.27. The average molecular weight is 355 g/mol. The van der Waals surface area contributed by atoms with E-state index in [-0.39, 0.29) is 18.6 Å². The van der Waals surface area contributed by atoms with E-state index < -0.39 is 0 Å². The van der Waals surface area contributed by atoms with E-state index in [1.54, 1.807) is 0 Å². The van der Waals surface area contributed by atoms with Gasteiger partial charge in [-0.15, -0.1) is 0 Å². The van der Waals surface area contributed by atoms with Crippen LogP contribution in [0.2, 0.25) is 0 Å². The first kappa shape index (κ1) is 17.1. The Labute approximate surface area is 153 Å². The zero-order valence-electron chi connectivity index (χ0n) is 15.3. The lowest BCUT2D eigenvalue weighted by Gasteiger charge is -2.36. The number of benzene rings is 1. The first-order valence-corrected chi connectivity index (χ1v) is 9.27. The van der Waals surface area contributed by atoms with Crippen molar-refractivity contribution in [1.82, 2.24) is 15.4 Å². The smallest absolute Gasteiger partial charge is 0.274 e. The van der Waals surface area contributed by atoms with Crippen molar-refractivity contribution in [2.75, 3.05) is 7.05 Å². The Morgan fingerprint density at radius 1 is 1.27 bits per heavy atom. The first-order chi connectivity index (χ1) is 12.6. The summed E-state index contributed by atoms with van der Waals surface area (Å²) < 4.78 is 11.1. The third-order valence-corrected chi connectivity index (χ3v) is 5.76. The lowest BCUT2D eigenvalue weighted by atomic mass is 9.98. The van der Waals surface area contributed by atoms with E-state index in [0.717, 1.165) is 18.6 Å². The van der Waals surface area contributed by atoms with E-state index >= 15 is 0 Å². The summed E-state index contributed by atoms with van der Waals surface area (Å²) in [4.78, 5) is 15.2. The molecule has 26 heavy (non-hydrogen) atoms. The Kier molecular flexibility index (Phi) is 4.68. The third-order valence-electron chi connectivity index (χ3n) is 5.76. The summed E-state index contributed by atoms with van der Waals surface area (Å²) in [6.07, 6.45) is 4.47. The van der Waals surface area contributed by atoms with Crippen LogP contribution in [0.25, 0.3) is 0 Å².